The predicted molar refractivity (Wildman–Crippen MR) is 118 cm³/mol. The second-order valence-corrected chi connectivity index (χ2v) is 8.26. The molecule has 4 aromatic rings. The monoisotopic (exact) mass is 414 g/mol. The number of phenolic OH excluding ortho intramolecular Hbond substituents is 1. The van der Waals surface area contributed by atoms with E-state index in [1.165, 1.54) is 5.56 Å². The van der Waals surface area contributed by atoms with Gasteiger partial charge in [0.25, 0.3) is 0 Å². The number of aryl methyl sites for hydroxylation is 1. The number of fused-ring (bicyclic) bond motifs is 1. The lowest BCUT2D eigenvalue weighted by Crippen LogP contribution is -2.43. The van der Waals surface area contributed by atoms with Crippen LogP contribution in [-0.2, 0) is 6.42 Å². The van der Waals surface area contributed by atoms with Crippen LogP contribution in [-0.4, -0.2) is 22.0 Å². The van der Waals surface area contributed by atoms with Crippen molar-refractivity contribution >= 4 is 23.1 Å². The summed E-state index contributed by atoms with van der Waals surface area (Å²) < 4.78 is 1.69. The van der Waals surface area contributed by atoms with Gasteiger partial charge in [0.2, 0.25) is 0 Å². The molecule has 5 rings (SSSR count). The molecule has 0 spiro atoms. The number of nitrogens with zero attached hydrogens (tertiary/aromatic N) is 2. The lowest BCUT2D eigenvalue weighted by Gasteiger charge is -2.06. The number of aromatic hydroxyl groups is 1. The van der Waals surface area contributed by atoms with Crippen LogP contribution in [0.5, 0.6) is 5.75 Å². The quantitative estimate of drug-likeness (QED) is 0.484. The highest BCUT2D eigenvalue weighted by molar-refractivity contribution is 7.08. The van der Waals surface area contributed by atoms with E-state index in [9.17, 15) is 9.90 Å². The summed E-state index contributed by atoms with van der Waals surface area (Å²) in [5.41, 5.74) is 5.66. The maximum Gasteiger partial charge on any atom is 0.359 e. The van der Waals surface area contributed by atoms with Gasteiger partial charge in [-0.1, -0.05) is 42.0 Å². The Kier molecular flexibility index (Phi) is 4.56. The molecule has 0 saturated heterocycles. The van der Waals surface area contributed by atoms with Gasteiger partial charge in [0.1, 0.15) is 17.6 Å². The molecule has 2 N–H and O–H groups in total. The number of hydrogen-bond donors (Lipinski definition) is 2. The number of anilines is 1. The molecule has 0 bridgehead atoms. The SMILES string of the molecule is Cc1ccc(-c2c[n+]3c(c(-c4ccsc4)n2)NC(Cc2ccc(O)cc2)C3=O)cc1. The zero-order chi connectivity index (χ0) is 20.7. The topological polar surface area (TPSA) is 66.1 Å². The van der Waals surface area contributed by atoms with Crippen molar-refractivity contribution in [1.82, 2.24) is 4.98 Å². The van der Waals surface area contributed by atoms with E-state index in [0.717, 1.165) is 33.9 Å². The van der Waals surface area contributed by atoms with Gasteiger partial charge in [-0.05, 0) is 36.1 Å². The highest BCUT2D eigenvalue weighted by Crippen LogP contribution is 2.31. The van der Waals surface area contributed by atoms with Crippen molar-refractivity contribution in [2.24, 2.45) is 0 Å². The largest absolute Gasteiger partial charge is 0.508 e. The van der Waals surface area contributed by atoms with Crippen LogP contribution in [0, 0.1) is 6.92 Å². The number of benzene rings is 2. The van der Waals surface area contributed by atoms with E-state index in [1.54, 1.807) is 28.0 Å². The summed E-state index contributed by atoms with van der Waals surface area (Å²) in [6.07, 6.45) is 2.35. The molecule has 1 unspecified atom stereocenters. The molecule has 3 heterocycles. The van der Waals surface area contributed by atoms with Crippen molar-refractivity contribution in [3.05, 3.63) is 82.7 Å². The van der Waals surface area contributed by atoms with Crippen LogP contribution in [0.2, 0.25) is 0 Å². The highest BCUT2D eigenvalue weighted by Gasteiger charge is 2.41. The molecule has 5 nitrogen and oxygen atoms in total. The van der Waals surface area contributed by atoms with Gasteiger partial charge in [0, 0.05) is 22.9 Å². The van der Waals surface area contributed by atoms with Crippen LogP contribution in [0.25, 0.3) is 22.5 Å². The van der Waals surface area contributed by atoms with Gasteiger partial charge in [-0.2, -0.15) is 15.9 Å². The van der Waals surface area contributed by atoms with Crippen LogP contribution in [0.4, 0.5) is 5.82 Å². The van der Waals surface area contributed by atoms with Crippen molar-refractivity contribution in [1.29, 1.82) is 0 Å². The zero-order valence-electron chi connectivity index (χ0n) is 16.4. The first-order valence-corrected chi connectivity index (χ1v) is 10.7. The van der Waals surface area contributed by atoms with Crippen molar-refractivity contribution < 1.29 is 14.5 Å². The van der Waals surface area contributed by atoms with Gasteiger partial charge in [-0.15, -0.1) is 0 Å². The summed E-state index contributed by atoms with van der Waals surface area (Å²) in [4.78, 5) is 18.2. The Morgan fingerprint density at radius 3 is 2.53 bits per heavy atom. The number of hydrogen-bond acceptors (Lipinski definition) is 5. The molecule has 0 saturated carbocycles. The Hall–Kier alpha value is -3.51. The molecule has 1 atom stereocenters. The Balaban J connectivity index is 1.57. The standard InChI is InChI=1S/C24H19N3O2S/c1-15-2-6-17(7-3-15)21-13-27-23(22(25-21)18-10-11-30-14-18)26-20(24(27)29)12-16-4-8-19(28)9-5-16/h2-11,13-14,20,28H,12H2,1H3/p+1. The number of carbonyl (C=O) groups is 1. The molecule has 0 amide bonds. The normalized spacial score (nSPS) is 15.1. The molecular formula is C24H20N3O2S+. The first-order valence-electron chi connectivity index (χ1n) is 9.73. The summed E-state index contributed by atoms with van der Waals surface area (Å²) in [7, 11) is 0. The molecule has 0 radical (unpaired) electrons. The van der Waals surface area contributed by atoms with Crippen molar-refractivity contribution in [3.8, 4) is 28.3 Å². The van der Waals surface area contributed by atoms with Crippen molar-refractivity contribution in [2.75, 3.05) is 5.32 Å². The maximum atomic E-state index is 13.3. The Morgan fingerprint density at radius 1 is 1.07 bits per heavy atom. The fourth-order valence-electron chi connectivity index (χ4n) is 3.68. The average molecular weight is 415 g/mol. The number of aromatic nitrogens is 2. The van der Waals surface area contributed by atoms with E-state index in [1.807, 2.05) is 66.3 Å². The molecule has 1 aliphatic rings. The summed E-state index contributed by atoms with van der Waals surface area (Å²) in [5.74, 6) is 0.928. The van der Waals surface area contributed by atoms with Crippen molar-refractivity contribution in [2.45, 2.75) is 19.4 Å². The number of rotatable bonds is 4. The lowest BCUT2D eigenvalue weighted by atomic mass is 10.1. The first kappa shape index (κ1) is 18.5. The summed E-state index contributed by atoms with van der Waals surface area (Å²) in [6, 6.07) is 16.8. The molecule has 30 heavy (non-hydrogen) atoms. The third-order valence-electron chi connectivity index (χ3n) is 5.31. The van der Waals surface area contributed by atoms with Gasteiger partial charge in [-0.25, -0.2) is 9.78 Å². The van der Waals surface area contributed by atoms with E-state index >= 15 is 0 Å². The summed E-state index contributed by atoms with van der Waals surface area (Å²) in [5, 5.41) is 17.0. The first-order chi connectivity index (χ1) is 14.6. The molecule has 0 aliphatic carbocycles. The van der Waals surface area contributed by atoms with E-state index in [0.29, 0.717) is 6.42 Å². The molecular weight excluding hydrogens is 394 g/mol. The average Bonchev–Trinajstić information content (AvgIpc) is 3.39. The maximum absolute atomic E-state index is 13.3. The number of nitrogens with one attached hydrogen (secondary N) is 1. The van der Waals surface area contributed by atoms with Gasteiger partial charge >= 0.3 is 11.7 Å². The van der Waals surface area contributed by atoms with Gasteiger partial charge < -0.3 is 5.11 Å². The zero-order valence-corrected chi connectivity index (χ0v) is 17.2. The Labute approximate surface area is 178 Å². The number of carbonyl (C=O) groups excluding carboxylic acids is 1. The van der Waals surface area contributed by atoms with Gasteiger partial charge in [0.05, 0.1) is 0 Å². The van der Waals surface area contributed by atoms with Crippen LogP contribution >= 0.6 is 11.3 Å². The third kappa shape index (κ3) is 3.35. The minimum absolute atomic E-state index is 0.00897. The fourth-order valence-corrected chi connectivity index (χ4v) is 4.32. The second-order valence-electron chi connectivity index (χ2n) is 7.48. The lowest BCUT2D eigenvalue weighted by molar-refractivity contribution is -0.551. The van der Waals surface area contributed by atoms with Crippen LogP contribution in [0.3, 0.4) is 0 Å². The highest BCUT2D eigenvalue weighted by atomic mass is 32.1. The van der Waals surface area contributed by atoms with Crippen molar-refractivity contribution in [3.63, 3.8) is 0 Å². The van der Waals surface area contributed by atoms with Crippen LogP contribution in [0.15, 0.2) is 71.6 Å². The summed E-state index contributed by atoms with van der Waals surface area (Å²) >= 11 is 1.60. The Bertz CT molecular complexity index is 1220. The minimum Gasteiger partial charge on any atom is -0.508 e. The fraction of sp³-hybridized carbons (Fsp3) is 0.125. The number of thiophene rings is 1. The smallest absolute Gasteiger partial charge is 0.359 e. The van der Waals surface area contributed by atoms with Gasteiger partial charge in [-0.3, -0.25) is 5.32 Å². The van der Waals surface area contributed by atoms with E-state index in [4.69, 9.17) is 4.98 Å². The molecule has 6 heteroatoms. The molecule has 2 aromatic heterocycles. The Morgan fingerprint density at radius 2 is 1.83 bits per heavy atom. The van der Waals surface area contributed by atoms with Crippen LogP contribution in [0.1, 0.15) is 15.9 Å². The van der Waals surface area contributed by atoms with E-state index in [2.05, 4.69) is 5.32 Å². The number of phenols is 1. The predicted octanol–water partition coefficient (Wildman–Crippen LogP) is 4.46. The second kappa shape index (κ2) is 7.39. The van der Waals surface area contributed by atoms with Crippen LogP contribution < -0.4 is 9.88 Å². The van der Waals surface area contributed by atoms with E-state index in [-0.39, 0.29) is 17.7 Å². The minimum atomic E-state index is -0.387. The summed E-state index contributed by atoms with van der Waals surface area (Å²) in [6.45, 7) is 2.05. The molecule has 0 fully saturated rings. The molecule has 148 valence electrons. The van der Waals surface area contributed by atoms with Gasteiger partial charge in [0.15, 0.2) is 11.7 Å². The third-order valence-corrected chi connectivity index (χ3v) is 6.00. The molecule has 2 aromatic carbocycles. The van der Waals surface area contributed by atoms with E-state index < -0.39 is 0 Å². The molecule has 1 aliphatic heterocycles.